The van der Waals surface area contributed by atoms with Crippen molar-refractivity contribution in [3.63, 3.8) is 0 Å². The van der Waals surface area contributed by atoms with Gasteiger partial charge in [0.2, 0.25) is 5.91 Å². The minimum absolute atomic E-state index is 0.175. The lowest BCUT2D eigenvalue weighted by Crippen LogP contribution is -2.27. The first-order valence-corrected chi connectivity index (χ1v) is 8.55. The summed E-state index contributed by atoms with van der Waals surface area (Å²) in [5, 5.41) is 1.88. The molecule has 2 aromatic carbocycles. The quantitative estimate of drug-likeness (QED) is 0.873. The fourth-order valence-corrected chi connectivity index (χ4v) is 3.26. The summed E-state index contributed by atoms with van der Waals surface area (Å²) in [5.41, 5.74) is 2.03. The van der Waals surface area contributed by atoms with Gasteiger partial charge < -0.3 is 10.2 Å². The maximum Gasteiger partial charge on any atom is 0.307 e. The molecule has 0 saturated carbocycles. The van der Waals surface area contributed by atoms with Crippen molar-refractivity contribution in [2.75, 3.05) is 16.8 Å². The van der Waals surface area contributed by atoms with Crippen molar-refractivity contribution in [1.29, 1.82) is 0 Å². The second kappa shape index (κ2) is 6.00. The van der Waals surface area contributed by atoms with Crippen LogP contribution in [0.1, 0.15) is 6.42 Å². The van der Waals surface area contributed by atoms with Crippen molar-refractivity contribution in [2.45, 2.75) is 11.7 Å². The van der Waals surface area contributed by atoms with Crippen LogP contribution >= 0.6 is 0 Å². The van der Waals surface area contributed by atoms with Crippen molar-refractivity contribution in [3.05, 3.63) is 54.6 Å². The van der Waals surface area contributed by atoms with E-state index in [0.717, 1.165) is 5.69 Å². The number of hydrogen-bond acceptors (Lipinski definition) is 4. The molecule has 3 rings (SSSR count). The Hall–Kier alpha value is -2.41. The van der Waals surface area contributed by atoms with Crippen LogP contribution in [0.15, 0.2) is 54.6 Å². The molecule has 2 aromatic rings. The summed E-state index contributed by atoms with van der Waals surface area (Å²) in [6, 6.07) is 16.4. The van der Waals surface area contributed by atoms with Crippen LogP contribution in [0.4, 0.5) is 20.9 Å². The number of amides is 1. The highest BCUT2D eigenvalue weighted by atomic mass is 32.3. The van der Waals surface area contributed by atoms with E-state index in [1.807, 2.05) is 30.3 Å². The molecule has 1 atom stereocenters. The molecule has 0 aliphatic carbocycles. The Kier molecular flexibility index (Phi) is 4.04. The maximum atomic E-state index is 13.2. The zero-order valence-corrected chi connectivity index (χ0v) is 13.0. The van der Waals surface area contributed by atoms with E-state index in [1.54, 1.807) is 24.3 Å². The molecule has 120 valence electrons. The Bertz CT molecular complexity index is 824. The average molecular weight is 334 g/mol. The number of para-hydroxylation sites is 3. The summed E-state index contributed by atoms with van der Waals surface area (Å²) in [6.07, 6.45) is -0.335. The smallest absolute Gasteiger partial charge is 0.307 e. The van der Waals surface area contributed by atoms with E-state index in [9.17, 15) is 17.1 Å². The van der Waals surface area contributed by atoms with Crippen molar-refractivity contribution >= 4 is 33.2 Å². The topological polar surface area (TPSA) is 66.5 Å². The third kappa shape index (κ3) is 3.34. The molecular formula is C16H15FN2O3S. The first-order valence-electron chi connectivity index (χ1n) is 7.10. The van der Waals surface area contributed by atoms with E-state index in [-0.39, 0.29) is 13.0 Å². The van der Waals surface area contributed by atoms with Crippen molar-refractivity contribution in [3.8, 4) is 0 Å². The fraction of sp³-hybridized carbons (Fsp3) is 0.188. The number of nitrogens with one attached hydrogen (secondary N) is 1. The third-order valence-electron chi connectivity index (χ3n) is 3.74. The Morgan fingerprint density at radius 2 is 1.70 bits per heavy atom. The van der Waals surface area contributed by atoms with E-state index in [1.165, 1.54) is 4.90 Å². The Labute approximate surface area is 134 Å². The van der Waals surface area contributed by atoms with Crippen LogP contribution in [-0.2, 0) is 15.0 Å². The van der Waals surface area contributed by atoms with Gasteiger partial charge in [0, 0.05) is 18.7 Å². The summed E-state index contributed by atoms with van der Waals surface area (Å²) >= 11 is 0. The predicted octanol–water partition coefficient (Wildman–Crippen LogP) is 2.83. The zero-order valence-electron chi connectivity index (χ0n) is 12.1. The molecule has 1 fully saturated rings. The van der Waals surface area contributed by atoms with E-state index in [4.69, 9.17) is 0 Å². The molecule has 7 heteroatoms. The van der Waals surface area contributed by atoms with Gasteiger partial charge in [-0.2, -0.15) is 8.42 Å². The normalized spacial score (nSPS) is 18.2. The highest BCUT2D eigenvalue weighted by Gasteiger charge is 2.39. The van der Waals surface area contributed by atoms with E-state index >= 15 is 0 Å². The van der Waals surface area contributed by atoms with E-state index in [2.05, 4.69) is 5.32 Å². The van der Waals surface area contributed by atoms with Gasteiger partial charge in [-0.25, -0.2) is 0 Å². The van der Waals surface area contributed by atoms with Crippen molar-refractivity contribution in [2.24, 2.45) is 0 Å². The summed E-state index contributed by atoms with van der Waals surface area (Å²) in [7, 11) is -4.73. The number of benzene rings is 2. The number of carbonyl (C=O) groups is 1. The molecular weight excluding hydrogens is 319 g/mol. The van der Waals surface area contributed by atoms with Crippen LogP contribution in [0.3, 0.4) is 0 Å². The largest absolute Gasteiger partial charge is 0.354 e. The van der Waals surface area contributed by atoms with Gasteiger partial charge in [0.15, 0.2) is 0 Å². The lowest BCUT2D eigenvalue weighted by atomic mass is 10.2. The number of anilines is 3. The standard InChI is InChI=1S/C16H15FN2O3S/c17-23(21,22)13-10-16(20)19(11-13)15-9-5-4-8-14(15)18-12-6-2-1-3-7-12/h1-9,13,18H,10-11H2. The predicted molar refractivity (Wildman–Crippen MR) is 87.0 cm³/mol. The van der Waals surface area contributed by atoms with Gasteiger partial charge in [-0.3, -0.25) is 4.79 Å². The molecule has 0 aromatic heterocycles. The molecule has 1 amide bonds. The summed E-state index contributed by atoms with van der Waals surface area (Å²) < 4.78 is 35.3. The highest BCUT2D eigenvalue weighted by Crippen LogP contribution is 2.33. The molecule has 1 aliphatic rings. The lowest BCUT2D eigenvalue weighted by molar-refractivity contribution is -0.117. The monoisotopic (exact) mass is 334 g/mol. The zero-order chi connectivity index (χ0) is 16.4. The molecule has 1 saturated heterocycles. The van der Waals surface area contributed by atoms with Crippen LogP contribution in [0.5, 0.6) is 0 Å². The second-order valence-corrected chi connectivity index (χ2v) is 6.93. The van der Waals surface area contributed by atoms with Crippen LogP contribution in [0.2, 0.25) is 0 Å². The summed E-state index contributed by atoms with van der Waals surface area (Å²) in [4.78, 5) is 13.4. The van der Waals surface area contributed by atoms with Gasteiger partial charge in [0.05, 0.1) is 11.4 Å². The molecule has 0 radical (unpaired) electrons. The van der Waals surface area contributed by atoms with Crippen molar-refractivity contribution in [1.82, 2.24) is 0 Å². The van der Waals surface area contributed by atoms with Gasteiger partial charge >= 0.3 is 10.2 Å². The third-order valence-corrected chi connectivity index (χ3v) is 4.85. The molecule has 23 heavy (non-hydrogen) atoms. The lowest BCUT2D eigenvalue weighted by Gasteiger charge is -2.20. The van der Waals surface area contributed by atoms with Crippen LogP contribution in [-0.4, -0.2) is 26.1 Å². The van der Waals surface area contributed by atoms with Crippen LogP contribution in [0.25, 0.3) is 0 Å². The number of nitrogens with zero attached hydrogens (tertiary/aromatic N) is 1. The van der Waals surface area contributed by atoms with Gasteiger partial charge in [0.1, 0.15) is 5.25 Å². The average Bonchev–Trinajstić information content (AvgIpc) is 2.91. The molecule has 1 unspecified atom stereocenters. The van der Waals surface area contributed by atoms with Gasteiger partial charge in [-0.05, 0) is 24.3 Å². The SMILES string of the molecule is O=C1CC(S(=O)(=O)F)CN1c1ccccc1Nc1ccccc1. The highest BCUT2D eigenvalue weighted by molar-refractivity contribution is 7.87. The molecule has 5 nitrogen and oxygen atoms in total. The number of carbonyl (C=O) groups excluding carboxylic acids is 1. The molecule has 0 spiro atoms. The fourth-order valence-electron chi connectivity index (χ4n) is 2.59. The molecule has 0 bridgehead atoms. The Morgan fingerprint density at radius 3 is 2.35 bits per heavy atom. The Morgan fingerprint density at radius 1 is 1.04 bits per heavy atom. The van der Waals surface area contributed by atoms with E-state index < -0.39 is 21.4 Å². The molecule has 1 heterocycles. The number of halogens is 1. The summed E-state index contributed by atoms with van der Waals surface area (Å²) in [6.45, 7) is -0.175. The van der Waals surface area contributed by atoms with Crippen molar-refractivity contribution < 1.29 is 17.1 Å². The van der Waals surface area contributed by atoms with Crippen LogP contribution in [0, 0.1) is 0 Å². The Balaban J connectivity index is 1.90. The number of hydrogen-bond donors (Lipinski definition) is 1. The molecule has 1 N–H and O–H groups in total. The van der Waals surface area contributed by atoms with Gasteiger partial charge in [-0.15, -0.1) is 3.89 Å². The minimum Gasteiger partial charge on any atom is -0.354 e. The maximum absolute atomic E-state index is 13.2. The molecule has 1 aliphatic heterocycles. The second-order valence-electron chi connectivity index (χ2n) is 5.31. The number of rotatable bonds is 4. The first-order chi connectivity index (χ1) is 10.9. The minimum atomic E-state index is -4.73. The summed E-state index contributed by atoms with van der Waals surface area (Å²) in [5.74, 6) is -0.404. The first kappa shape index (κ1) is 15.5. The van der Waals surface area contributed by atoms with Gasteiger partial charge in [-0.1, -0.05) is 30.3 Å². The van der Waals surface area contributed by atoms with E-state index in [0.29, 0.717) is 11.4 Å². The van der Waals surface area contributed by atoms with Gasteiger partial charge in [0.25, 0.3) is 0 Å². The van der Waals surface area contributed by atoms with Crippen LogP contribution < -0.4 is 10.2 Å².